The van der Waals surface area contributed by atoms with Gasteiger partial charge in [-0.2, -0.15) is 18.3 Å². The number of carbonyl (C=O) groups excluding carboxylic acids is 1. The molecule has 0 bridgehead atoms. The number of hydrogen-bond acceptors (Lipinski definition) is 7. The second-order valence-corrected chi connectivity index (χ2v) is 6.58. The molecule has 3 aromatic rings. The number of nitrogens with two attached hydrogens (primary N) is 1. The van der Waals surface area contributed by atoms with Gasteiger partial charge < -0.3 is 20.5 Å². The Kier molecular flexibility index (Phi) is 6.28. The quantitative estimate of drug-likeness (QED) is 0.571. The van der Waals surface area contributed by atoms with Gasteiger partial charge in [-0.15, -0.1) is 5.10 Å². The summed E-state index contributed by atoms with van der Waals surface area (Å²) >= 11 is 0. The van der Waals surface area contributed by atoms with E-state index in [-0.39, 0.29) is 29.8 Å². The Hall–Kier alpha value is -3.50. The number of fused-ring (bicyclic) bond motifs is 1. The molecule has 1 amide bonds. The van der Waals surface area contributed by atoms with Crippen molar-refractivity contribution in [2.24, 2.45) is 0 Å². The summed E-state index contributed by atoms with van der Waals surface area (Å²) in [5, 5.41) is 6.90. The number of halogens is 2. The maximum Gasteiger partial charge on any atom is 0.387 e. The molecule has 9 nitrogen and oxygen atoms in total. The number of carbonyl (C=O) groups is 1. The number of nitrogens with zero attached hydrogens (tertiary/aromatic N) is 4. The second-order valence-electron chi connectivity index (χ2n) is 6.58. The monoisotopic (exact) mass is 420 g/mol. The smallest absolute Gasteiger partial charge is 0.387 e. The summed E-state index contributed by atoms with van der Waals surface area (Å²) in [7, 11) is 1.37. The molecule has 0 aliphatic carbocycles. The summed E-state index contributed by atoms with van der Waals surface area (Å²) in [6.07, 6.45) is 0.549. The summed E-state index contributed by atoms with van der Waals surface area (Å²) < 4.78 is 36.1. The molecule has 30 heavy (non-hydrogen) atoms. The Bertz CT molecular complexity index is 1070. The van der Waals surface area contributed by atoms with Crippen molar-refractivity contribution in [2.45, 2.75) is 33.3 Å². The summed E-state index contributed by atoms with van der Waals surface area (Å²) in [6.45, 7) is 0.984. The number of aryl methyl sites for hydroxylation is 2. The van der Waals surface area contributed by atoms with Crippen LogP contribution in [0.25, 0.3) is 5.78 Å². The summed E-state index contributed by atoms with van der Waals surface area (Å²) in [5.74, 6) is 0.460. The minimum absolute atomic E-state index is 0.0472. The third kappa shape index (κ3) is 4.73. The van der Waals surface area contributed by atoms with Crippen molar-refractivity contribution in [3.05, 3.63) is 40.7 Å². The first-order valence-corrected chi connectivity index (χ1v) is 9.15. The highest BCUT2D eigenvalue weighted by Crippen LogP contribution is 2.29. The summed E-state index contributed by atoms with van der Waals surface area (Å²) in [6, 6.07) is 4.75. The van der Waals surface area contributed by atoms with Crippen molar-refractivity contribution in [2.75, 3.05) is 19.4 Å². The van der Waals surface area contributed by atoms with Gasteiger partial charge in [0, 0.05) is 23.5 Å². The number of aromatic nitrogens is 4. The van der Waals surface area contributed by atoms with Gasteiger partial charge in [0.2, 0.25) is 11.9 Å². The number of ether oxygens (including phenoxy) is 2. The number of benzene rings is 1. The van der Waals surface area contributed by atoms with Crippen molar-refractivity contribution in [3.8, 4) is 11.5 Å². The lowest BCUT2D eigenvalue weighted by molar-refractivity contribution is -0.120. The highest BCUT2D eigenvalue weighted by molar-refractivity contribution is 5.79. The summed E-state index contributed by atoms with van der Waals surface area (Å²) in [4.78, 5) is 20.8. The second kappa shape index (κ2) is 8.89. The number of rotatable bonds is 8. The van der Waals surface area contributed by atoms with Crippen LogP contribution >= 0.6 is 0 Å². The van der Waals surface area contributed by atoms with E-state index in [1.165, 1.54) is 17.7 Å². The molecule has 2 heterocycles. The minimum atomic E-state index is -2.95. The number of nitrogen functional groups attached to an aromatic ring is 1. The van der Waals surface area contributed by atoms with Crippen LogP contribution in [0.2, 0.25) is 0 Å². The first-order valence-electron chi connectivity index (χ1n) is 9.15. The normalized spacial score (nSPS) is 11.1. The average Bonchev–Trinajstić information content (AvgIpc) is 3.05. The van der Waals surface area contributed by atoms with Crippen molar-refractivity contribution in [1.29, 1.82) is 0 Å². The summed E-state index contributed by atoms with van der Waals surface area (Å²) in [5.41, 5.74) is 8.49. The lowest BCUT2D eigenvalue weighted by Gasteiger charge is -2.12. The van der Waals surface area contributed by atoms with Crippen LogP contribution in [-0.2, 0) is 17.6 Å². The highest BCUT2D eigenvalue weighted by Gasteiger charge is 2.16. The number of methoxy groups -OCH3 is 1. The third-order valence-electron chi connectivity index (χ3n) is 4.58. The van der Waals surface area contributed by atoms with E-state index < -0.39 is 6.61 Å². The molecule has 3 rings (SSSR count). The minimum Gasteiger partial charge on any atom is -0.493 e. The van der Waals surface area contributed by atoms with E-state index >= 15 is 0 Å². The number of anilines is 1. The van der Waals surface area contributed by atoms with Crippen LogP contribution in [0, 0.1) is 13.8 Å². The maximum absolute atomic E-state index is 12.5. The molecule has 3 N–H and O–H groups in total. The molecule has 1 aromatic carbocycles. The molecule has 0 spiro atoms. The molecule has 0 saturated carbocycles. The Balaban J connectivity index is 1.62. The standard InChI is InChI=1S/C19H22F2N6O3/c1-10-13(11(2)27-19(24-10)25-18(22)26-27)9-16(28)23-7-6-12-4-5-14(29-3)15(8-12)30-17(20)21/h4-5,8,17H,6-7,9H2,1-3H3,(H2,22,26)(H,23,28). The third-order valence-corrected chi connectivity index (χ3v) is 4.58. The molecule has 0 unspecified atom stereocenters. The van der Waals surface area contributed by atoms with Crippen LogP contribution in [0.15, 0.2) is 18.2 Å². The molecular weight excluding hydrogens is 398 g/mol. The van der Waals surface area contributed by atoms with Crippen LogP contribution < -0.4 is 20.5 Å². The van der Waals surface area contributed by atoms with E-state index in [1.807, 2.05) is 6.92 Å². The average molecular weight is 420 g/mol. The number of alkyl halides is 2. The molecule has 2 aromatic heterocycles. The zero-order valence-electron chi connectivity index (χ0n) is 16.8. The van der Waals surface area contributed by atoms with Gasteiger partial charge in [0.05, 0.1) is 13.5 Å². The Labute approximate surface area is 171 Å². The fraction of sp³-hybridized carbons (Fsp3) is 0.368. The first-order chi connectivity index (χ1) is 14.3. The van der Waals surface area contributed by atoms with Gasteiger partial charge in [0.25, 0.3) is 5.78 Å². The topological polar surface area (TPSA) is 117 Å². The van der Waals surface area contributed by atoms with Crippen molar-refractivity contribution in [1.82, 2.24) is 24.9 Å². The molecule has 0 radical (unpaired) electrons. The van der Waals surface area contributed by atoms with Crippen LogP contribution in [0.4, 0.5) is 14.7 Å². The van der Waals surface area contributed by atoms with Gasteiger partial charge in [-0.3, -0.25) is 4.79 Å². The number of amides is 1. The first kappa shape index (κ1) is 21.2. The van der Waals surface area contributed by atoms with Crippen LogP contribution in [0.1, 0.15) is 22.5 Å². The van der Waals surface area contributed by atoms with Gasteiger partial charge in [-0.05, 0) is 38.0 Å². The number of nitrogens with one attached hydrogen (secondary N) is 1. The van der Waals surface area contributed by atoms with E-state index in [4.69, 9.17) is 10.5 Å². The fourth-order valence-electron chi connectivity index (χ4n) is 3.11. The van der Waals surface area contributed by atoms with E-state index in [0.29, 0.717) is 24.4 Å². The van der Waals surface area contributed by atoms with Crippen LogP contribution in [0.5, 0.6) is 11.5 Å². The SMILES string of the molecule is COc1ccc(CCNC(=O)Cc2c(C)nc3nc(N)nn3c2C)cc1OC(F)F. The Morgan fingerprint density at radius 3 is 2.73 bits per heavy atom. The molecular formula is C19H22F2N6O3. The van der Waals surface area contributed by atoms with E-state index in [2.05, 4.69) is 25.1 Å². The molecule has 0 saturated heterocycles. The predicted octanol–water partition coefficient (Wildman–Crippen LogP) is 1.83. The predicted molar refractivity (Wildman–Crippen MR) is 105 cm³/mol. The largest absolute Gasteiger partial charge is 0.493 e. The molecule has 0 aliphatic heterocycles. The molecule has 0 aliphatic rings. The van der Waals surface area contributed by atoms with Gasteiger partial charge >= 0.3 is 6.61 Å². The van der Waals surface area contributed by atoms with Crippen molar-refractivity contribution in [3.63, 3.8) is 0 Å². The Morgan fingerprint density at radius 2 is 2.03 bits per heavy atom. The highest BCUT2D eigenvalue weighted by atomic mass is 19.3. The molecule has 11 heteroatoms. The number of hydrogen-bond donors (Lipinski definition) is 2. The molecule has 0 fully saturated rings. The van der Waals surface area contributed by atoms with Gasteiger partial charge in [-0.25, -0.2) is 4.98 Å². The van der Waals surface area contributed by atoms with Crippen molar-refractivity contribution >= 4 is 17.6 Å². The zero-order chi connectivity index (χ0) is 21.8. The van der Waals surface area contributed by atoms with E-state index in [1.54, 1.807) is 19.1 Å². The lowest BCUT2D eigenvalue weighted by atomic mass is 10.1. The van der Waals surface area contributed by atoms with Gasteiger partial charge in [0.1, 0.15) is 0 Å². The lowest BCUT2D eigenvalue weighted by Crippen LogP contribution is -2.28. The van der Waals surface area contributed by atoms with Crippen molar-refractivity contribution < 1.29 is 23.0 Å². The molecule has 160 valence electrons. The maximum atomic E-state index is 12.5. The Morgan fingerprint density at radius 1 is 1.27 bits per heavy atom. The van der Waals surface area contributed by atoms with E-state index in [0.717, 1.165) is 16.8 Å². The van der Waals surface area contributed by atoms with Crippen LogP contribution in [0.3, 0.4) is 0 Å². The van der Waals surface area contributed by atoms with Crippen LogP contribution in [-0.4, -0.2) is 45.8 Å². The zero-order valence-corrected chi connectivity index (χ0v) is 16.8. The fourth-order valence-corrected chi connectivity index (χ4v) is 3.11. The van der Waals surface area contributed by atoms with Gasteiger partial charge in [-0.1, -0.05) is 6.07 Å². The molecule has 0 atom stereocenters. The van der Waals surface area contributed by atoms with E-state index in [9.17, 15) is 13.6 Å². The van der Waals surface area contributed by atoms with Gasteiger partial charge in [0.15, 0.2) is 11.5 Å².